The molecule has 3 aromatic carbocycles. The van der Waals surface area contributed by atoms with Crippen LogP contribution >= 0.6 is 0 Å². The van der Waals surface area contributed by atoms with Crippen LogP contribution in [0.5, 0.6) is 0 Å². The first-order valence-corrected chi connectivity index (χ1v) is 15.2. The predicted octanol–water partition coefficient (Wildman–Crippen LogP) is 6.50. The molecule has 3 rings (SSSR count). The highest BCUT2D eigenvalue weighted by atomic mass is 32.2. The largest absolute Gasteiger partial charge is 0.377 e. The standard InChI is InChI=1S/C19H24O5S.C12H17N3O2/c1-3-22-14-17-5-4-6-18(13-17)15-23-11-12-24-25(20,21)19-9-7-16(2)8-10-19;1-2-16-9-11-4-3-5-12(8-11)10-17-7-6-14-15-13/h4-10,13H,3,11-12,14-15H2,1-2H3;3-5,8H,2,6-7,9-10H2,1H3. The van der Waals surface area contributed by atoms with E-state index in [1.165, 1.54) is 12.1 Å². The number of ether oxygens (including phenoxy) is 4. The minimum atomic E-state index is -3.74. The van der Waals surface area contributed by atoms with E-state index in [1.54, 1.807) is 12.1 Å². The molecule has 0 bridgehead atoms. The van der Waals surface area contributed by atoms with Crippen LogP contribution in [-0.2, 0) is 59.7 Å². The fourth-order valence-electron chi connectivity index (χ4n) is 3.56. The average Bonchev–Trinajstić information content (AvgIpc) is 2.99. The van der Waals surface area contributed by atoms with E-state index >= 15 is 0 Å². The van der Waals surface area contributed by atoms with Crippen LogP contribution in [-0.4, -0.2) is 48.0 Å². The molecule has 10 nitrogen and oxygen atoms in total. The summed E-state index contributed by atoms with van der Waals surface area (Å²) < 4.78 is 50.6. The van der Waals surface area contributed by atoms with E-state index in [0.29, 0.717) is 52.8 Å². The Kier molecular flexibility index (Phi) is 17.1. The van der Waals surface area contributed by atoms with E-state index in [-0.39, 0.29) is 18.1 Å². The molecule has 0 spiro atoms. The molecule has 0 aliphatic rings. The SMILES string of the molecule is CCOCc1cccc(COCCN=[N+]=[N-])c1.CCOCc1cccc(COCCOS(=O)(=O)c2ccc(C)cc2)c1. The second-order valence-electron chi connectivity index (χ2n) is 9.06. The Labute approximate surface area is 249 Å². The number of nitrogens with zero attached hydrogens (tertiary/aromatic N) is 3. The van der Waals surface area contributed by atoms with Crippen LogP contribution < -0.4 is 0 Å². The van der Waals surface area contributed by atoms with Gasteiger partial charge in [0.15, 0.2) is 0 Å². The van der Waals surface area contributed by atoms with Crippen LogP contribution in [0.25, 0.3) is 10.4 Å². The summed E-state index contributed by atoms with van der Waals surface area (Å²) in [5.41, 5.74) is 13.4. The molecule has 0 unspecified atom stereocenters. The van der Waals surface area contributed by atoms with E-state index in [9.17, 15) is 8.42 Å². The minimum Gasteiger partial charge on any atom is -0.377 e. The molecule has 3 aromatic rings. The zero-order chi connectivity index (χ0) is 30.5. The molecule has 0 atom stereocenters. The normalized spacial score (nSPS) is 10.9. The van der Waals surface area contributed by atoms with Gasteiger partial charge >= 0.3 is 0 Å². The molecule has 0 saturated heterocycles. The molecule has 0 aliphatic carbocycles. The van der Waals surface area contributed by atoms with Crippen molar-refractivity contribution in [1.29, 1.82) is 0 Å². The predicted molar refractivity (Wildman–Crippen MR) is 161 cm³/mol. The van der Waals surface area contributed by atoms with E-state index in [1.807, 2.05) is 63.2 Å². The van der Waals surface area contributed by atoms with Gasteiger partial charge in [0, 0.05) is 24.7 Å². The molecule has 0 N–H and O–H groups in total. The van der Waals surface area contributed by atoms with Crippen molar-refractivity contribution in [3.63, 3.8) is 0 Å². The number of hydrogen-bond acceptors (Lipinski definition) is 8. The third-order valence-electron chi connectivity index (χ3n) is 5.64. The Hall–Kier alpha value is -3.28. The first-order valence-electron chi connectivity index (χ1n) is 13.8. The fourth-order valence-corrected chi connectivity index (χ4v) is 4.46. The first kappa shape index (κ1) is 34.9. The summed E-state index contributed by atoms with van der Waals surface area (Å²) in [5.74, 6) is 0. The maximum absolute atomic E-state index is 12.0. The average molecular weight is 600 g/mol. The Morgan fingerprint density at radius 1 is 0.690 bits per heavy atom. The van der Waals surface area contributed by atoms with Gasteiger partial charge in [-0.1, -0.05) is 71.3 Å². The van der Waals surface area contributed by atoms with Crippen molar-refractivity contribution < 1.29 is 31.5 Å². The van der Waals surface area contributed by atoms with Gasteiger partial charge in [0.2, 0.25) is 0 Å². The second kappa shape index (κ2) is 20.6. The fraction of sp³-hybridized carbons (Fsp3) is 0.419. The molecule has 0 heterocycles. The summed E-state index contributed by atoms with van der Waals surface area (Å²) in [6.07, 6.45) is 0. The number of aryl methyl sites for hydroxylation is 1. The van der Waals surface area contributed by atoms with Crippen molar-refractivity contribution in [3.05, 3.63) is 111 Å². The Morgan fingerprint density at radius 2 is 1.17 bits per heavy atom. The van der Waals surface area contributed by atoms with E-state index in [2.05, 4.69) is 16.1 Å². The van der Waals surface area contributed by atoms with Crippen molar-refractivity contribution in [2.75, 3.05) is 39.6 Å². The smallest absolute Gasteiger partial charge is 0.297 e. The Balaban J connectivity index is 0.000000317. The molecule has 0 aromatic heterocycles. The zero-order valence-electron chi connectivity index (χ0n) is 24.6. The number of benzene rings is 3. The van der Waals surface area contributed by atoms with Gasteiger partial charge in [0.25, 0.3) is 10.1 Å². The lowest BCUT2D eigenvalue weighted by Gasteiger charge is -2.08. The molecule has 0 radical (unpaired) electrons. The number of rotatable bonds is 18. The Morgan fingerprint density at radius 3 is 1.64 bits per heavy atom. The molecule has 0 fully saturated rings. The maximum Gasteiger partial charge on any atom is 0.297 e. The second-order valence-corrected chi connectivity index (χ2v) is 10.7. The lowest BCUT2D eigenvalue weighted by atomic mass is 10.1. The summed E-state index contributed by atoms with van der Waals surface area (Å²) in [7, 11) is -3.74. The van der Waals surface area contributed by atoms with Crippen molar-refractivity contribution in [2.24, 2.45) is 5.11 Å². The molecule has 42 heavy (non-hydrogen) atoms. The zero-order valence-corrected chi connectivity index (χ0v) is 25.4. The first-order chi connectivity index (χ1) is 20.4. The minimum absolute atomic E-state index is 0.0190. The van der Waals surface area contributed by atoms with Crippen molar-refractivity contribution >= 4 is 10.1 Å². The number of azide groups is 1. The quantitative estimate of drug-likeness (QED) is 0.0536. The lowest BCUT2D eigenvalue weighted by molar-refractivity contribution is 0.0905. The van der Waals surface area contributed by atoms with Crippen LogP contribution in [0.4, 0.5) is 0 Å². The van der Waals surface area contributed by atoms with Gasteiger partial charge in [-0.3, -0.25) is 4.18 Å². The molecule has 0 saturated carbocycles. The van der Waals surface area contributed by atoms with Gasteiger partial charge in [-0.2, -0.15) is 8.42 Å². The third kappa shape index (κ3) is 14.6. The highest BCUT2D eigenvalue weighted by Crippen LogP contribution is 2.13. The van der Waals surface area contributed by atoms with Gasteiger partial charge in [0.05, 0.1) is 51.1 Å². The topological polar surface area (TPSA) is 129 Å². The van der Waals surface area contributed by atoms with Crippen molar-refractivity contribution in [3.8, 4) is 0 Å². The van der Waals surface area contributed by atoms with E-state index in [4.69, 9.17) is 28.7 Å². The molecular weight excluding hydrogens is 558 g/mol. The van der Waals surface area contributed by atoms with E-state index < -0.39 is 10.1 Å². The summed E-state index contributed by atoms with van der Waals surface area (Å²) in [6.45, 7) is 10.3. The monoisotopic (exact) mass is 599 g/mol. The maximum atomic E-state index is 12.0. The van der Waals surface area contributed by atoms with Crippen molar-refractivity contribution in [1.82, 2.24) is 0 Å². The summed E-state index contributed by atoms with van der Waals surface area (Å²) >= 11 is 0. The van der Waals surface area contributed by atoms with Gasteiger partial charge in [-0.25, -0.2) is 0 Å². The molecule has 11 heteroatoms. The highest BCUT2D eigenvalue weighted by molar-refractivity contribution is 7.86. The summed E-state index contributed by atoms with van der Waals surface area (Å²) in [6, 6.07) is 22.5. The summed E-state index contributed by atoms with van der Waals surface area (Å²) in [5, 5.41) is 3.40. The van der Waals surface area contributed by atoms with Crippen LogP contribution in [0, 0.1) is 6.92 Å². The molecule has 0 amide bonds. The lowest BCUT2D eigenvalue weighted by Crippen LogP contribution is -2.11. The van der Waals surface area contributed by atoms with Crippen LogP contribution in [0.1, 0.15) is 41.7 Å². The van der Waals surface area contributed by atoms with Crippen molar-refractivity contribution in [2.45, 2.75) is 52.1 Å². The third-order valence-corrected chi connectivity index (χ3v) is 6.97. The van der Waals surface area contributed by atoms with Gasteiger partial charge < -0.3 is 18.9 Å². The number of hydrogen-bond donors (Lipinski definition) is 0. The van der Waals surface area contributed by atoms with Crippen LogP contribution in [0.15, 0.2) is 82.8 Å². The van der Waals surface area contributed by atoms with Gasteiger partial charge in [0.1, 0.15) is 0 Å². The molecule has 0 aliphatic heterocycles. The highest BCUT2D eigenvalue weighted by Gasteiger charge is 2.14. The van der Waals surface area contributed by atoms with Crippen LogP contribution in [0.2, 0.25) is 0 Å². The van der Waals surface area contributed by atoms with Gasteiger partial charge in [-0.15, -0.1) is 0 Å². The Bertz CT molecular complexity index is 1330. The van der Waals surface area contributed by atoms with Crippen LogP contribution in [0.3, 0.4) is 0 Å². The van der Waals surface area contributed by atoms with E-state index in [0.717, 1.165) is 27.8 Å². The van der Waals surface area contributed by atoms with Gasteiger partial charge in [-0.05, 0) is 60.7 Å². The molecular formula is C31H41N3O7S. The summed E-state index contributed by atoms with van der Waals surface area (Å²) in [4.78, 5) is 2.81. The molecule has 228 valence electrons.